The predicted octanol–water partition coefficient (Wildman–Crippen LogP) is 7.26. The number of ether oxygens (including phenoxy) is 3. The van der Waals surface area contributed by atoms with Gasteiger partial charge in [-0.25, -0.2) is 14.0 Å². The maximum absolute atomic E-state index is 14.9. The molecule has 2 heterocycles. The molecule has 0 saturated carbocycles. The molecular weight excluding hydrogens is 537 g/mol. The number of carbonyl (C=O) groups is 2. The van der Waals surface area contributed by atoms with Gasteiger partial charge in [-0.1, -0.05) is 31.9 Å². The lowest BCUT2D eigenvalue weighted by atomic mass is 9.97. The van der Waals surface area contributed by atoms with E-state index in [0.29, 0.717) is 62.8 Å². The smallest absolute Gasteiger partial charge is 0.410 e. The van der Waals surface area contributed by atoms with Gasteiger partial charge in [0.1, 0.15) is 11.4 Å². The van der Waals surface area contributed by atoms with Crippen LogP contribution < -0.4 is 14.4 Å². The zero-order chi connectivity index (χ0) is 30.3. The minimum absolute atomic E-state index is 0.0980. The first-order chi connectivity index (χ1) is 20.1. The fourth-order valence-corrected chi connectivity index (χ4v) is 5.19. The van der Waals surface area contributed by atoms with E-state index in [4.69, 9.17) is 14.2 Å². The number of hydrogen-bond acceptors (Lipinski definition) is 5. The van der Waals surface area contributed by atoms with E-state index in [-0.39, 0.29) is 17.9 Å². The molecular formula is C33H44FN3O5. The number of halogens is 1. The Morgan fingerprint density at radius 3 is 2.52 bits per heavy atom. The Kier molecular flexibility index (Phi) is 10.4. The molecule has 3 amide bonds. The summed E-state index contributed by atoms with van der Waals surface area (Å²) < 4.78 is 31.9. The average molecular weight is 582 g/mol. The summed E-state index contributed by atoms with van der Waals surface area (Å²) in [7, 11) is 1.61. The van der Waals surface area contributed by atoms with Crippen molar-refractivity contribution in [1.82, 2.24) is 9.80 Å². The van der Waals surface area contributed by atoms with Crippen LogP contribution in [0.1, 0.15) is 70.9 Å². The second-order valence-electron chi connectivity index (χ2n) is 11.8. The zero-order valence-electron chi connectivity index (χ0n) is 25.6. The van der Waals surface area contributed by atoms with Gasteiger partial charge in [0.2, 0.25) is 0 Å². The Morgan fingerprint density at radius 2 is 1.83 bits per heavy atom. The first kappa shape index (κ1) is 31.2. The van der Waals surface area contributed by atoms with Crippen LogP contribution in [0.2, 0.25) is 0 Å². The number of urea groups is 1. The second-order valence-corrected chi connectivity index (χ2v) is 11.8. The molecule has 2 aliphatic rings. The first-order valence-electron chi connectivity index (χ1n) is 14.9. The molecule has 0 aliphatic carbocycles. The maximum Gasteiger partial charge on any atom is 0.410 e. The molecule has 2 aromatic rings. The molecule has 0 aromatic heterocycles. The van der Waals surface area contributed by atoms with Crippen molar-refractivity contribution in [1.29, 1.82) is 0 Å². The van der Waals surface area contributed by atoms with Crippen LogP contribution in [0.25, 0.3) is 5.57 Å². The summed E-state index contributed by atoms with van der Waals surface area (Å²) in [6.45, 7) is 10.7. The SMILES string of the molecule is CCCCCOc1cc(N2CCCN(Cc3ccc(F)c(C4=CCN(C(=O)OC(C)(C)C)CC4)c3)C2=O)ccc1OC. The van der Waals surface area contributed by atoms with E-state index >= 15 is 0 Å². The van der Waals surface area contributed by atoms with Crippen LogP contribution in [0, 0.1) is 5.82 Å². The van der Waals surface area contributed by atoms with Crippen molar-refractivity contribution < 1.29 is 28.2 Å². The maximum atomic E-state index is 14.9. The van der Waals surface area contributed by atoms with Gasteiger partial charge in [-0.2, -0.15) is 0 Å². The minimum Gasteiger partial charge on any atom is -0.493 e. The Bertz CT molecular complexity index is 1290. The number of rotatable bonds is 10. The highest BCUT2D eigenvalue weighted by molar-refractivity contribution is 5.93. The summed E-state index contributed by atoms with van der Waals surface area (Å²) in [4.78, 5) is 31.2. The topological polar surface area (TPSA) is 71.5 Å². The van der Waals surface area contributed by atoms with Gasteiger partial charge in [0, 0.05) is 50.0 Å². The summed E-state index contributed by atoms with van der Waals surface area (Å²) in [6, 6.07) is 10.5. The Labute approximate surface area is 249 Å². The van der Waals surface area contributed by atoms with Crippen molar-refractivity contribution in [2.24, 2.45) is 0 Å². The second kappa shape index (κ2) is 13.9. The van der Waals surface area contributed by atoms with Gasteiger partial charge in [0.25, 0.3) is 0 Å². The number of benzene rings is 2. The van der Waals surface area contributed by atoms with Crippen LogP contribution in [0.15, 0.2) is 42.5 Å². The molecule has 1 fully saturated rings. The number of amides is 3. The van der Waals surface area contributed by atoms with Crippen molar-refractivity contribution >= 4 is 23.4 Å². The van der Waals surface area contributed by atoms with Crippen LogP contribution in [-0.4, -0.2) is 67.4 Å². The van der Waals surface area contributed by atoms with E-state index in [1.807, 2.05) is 51.1 Å². The van der Waals surface area contributed by atoms with E-state index in [0.717, 1.165) is 42.5 Å². The number of methoxy groups -OCH3 is 1. The molecule has 0 radical (unpaired) electrons. The van der Waals surface area contributed by atoms with Gasteiger partial charge in [-0.15, -0.1) is 0 Å². The molecule has 2 aliphatic heterocycles. The van der Waals surface area contributed by atoms with Crippen molar-refractivity contribution in [3.63, 3.8) is 0 Å². The lowest BCUT2D eigenvalue weighted by Gasteiger charge is -2.36. The highest BCUT2D eigenvalue weighted by Crippen LogP contribution is 2.34. The van der Waals surface area contributed by atoms with Gasteiger partial charge >= 0.3 is 12.1 Å². The molecule has 9 heteroatoms. The number of hydrogen-bond donors (Lipinski definition) is 0. The first-order valence-corrected chi connectivity index (χ1v) is 14.9. The van der Waals surface area contributed by atoms with E-state index in [9.17, 15) is 14.0 Å². The van der Waals surface area contributed by atoms with Crippen LogP contribution >= 0.6 is 0 Å². The fraction of sp³-hybridized carbons (Fsp3) is 0.515. The third-order valence-electron chi connectivity index (χ3n) is 7.39. The molecule has 0 atom stereocenters. The number of anilines is 1. The monoisotopic (exact) mass is 581 g/mol. The zero-order valence-corrected chi connectivity index (χ0v) is 25.6. The van der Waals surface area contributed by atoms with E-state index < -0.39 is 5.60 Å². The standard InChI is InChI=1S/C33H44FN3O5/c1-6-7-8-20-41-30-22-26(11-13-29(30)40-5)37-17-9-16-36(31(37)38)23-24-10-12-28(34)27(21-24)25-14-18-35(19-15-25)32(39)42-33(2,3)4/h10-14,21-22H,6-9,15-20,23H2,1-5H3. The molecule has 228 valence electrons. The molecule has 0 bridgehead atoms. The van der Waals surface area contributed by atoms with Gasteiger partial charge in [0.15, 0.2) is 11.5 Å². The van der Waals surface area contributed by atoms with Crippen molar-refractivity contribution in [2.45, 2.75) is 71.9 Å². The predicted molar refractivity (Wildman–Crippen MR) is 163 cm³/mol. The minimum atomic E-state index is -0.569. The third kappa shape index (κ3) is 7.95. The van der Waals surface area contributed by atoms with Gasteiger partial charge in [-0.05, 0) is 75.4 Å². The molecule has 4 rings (SSSR count). The highest BCUT2D eigenvalue weighted by Gasteiger charge is 2.29. The largest absolute Gasteiger partial charge is 0.493 e. The number of unbranched alkanes of at least 4 members (excludes halogenated alkanes) is 2. The molecule has 0 unspecified atom stereocenters. The molecule has 42 heavy (non-hydrogen) atoms. The highest BCUT2D eigenvalue weighted by atomic mass is 19.1. The van der Waals surface area contributed by atoms with Gasteiger partial charge in [0.05, 0.1) is 13.7 Å². The summed E-state index contributed by atoms with van der Waals surface area (Å²) in [5.41, 5.74) is 2.41. The fourth-order valence-electron chi connectivity index (χ4n) is 5.19. The summed E-state index contributed by atoms with van der Waals surface area (Å²) in [5, 5.41) is 0. The number of nitrogens with zero attached hydrogens (tertiary/aromatic N) is 3. The number of carbonyl (C=O) groups excluding carboxylic acids is 2. The summed E-state index contributed by atoms with van der Waals surface area (Å²) in [6.07, 6.45) is 6.01. The molecule has 2 aromatic carbocycles. The van der Waals surface area contributed by atoms with Crippen LogP contribution in [0.4, 0.5) is 19.7 Å². The molecule has 1 saturated heterocycles. The van der Waals surface area contributed by atoms with Crippen LogP contribution in [0.5, 0.6) is 11.5 Å². The van der Waals surface area contributed by atoms with Gasteiger partial charge in [-0.3, -0.25) is 4.90 Å². The van der Waals surface area contributed by atoms with Crippen LogP contribution in [-0.2, 0) is 11.3 Å². The normalized spacial score (nSPS) is 15.9. The Balaban J connectivity index is 1.44. The Hall–Kier alpha value is -3.75. The summed E-state index contributed by atoms with van der Waals surface area (Å²) in [5.74, 6) is 0.957. The summed E-state index contributed by atoms with van der Waals surface area (Å²) >= 11 is 0. The van der Waals surface area contributed by atoms with E-state index in [1.54, 1.807) is 27.9 Å². The van der Waals surface area contributed by atoms with Crippen molar-refractivity contribution in [3.8, 4) is 11.5 Å². The quantitative estimate of drug-likeness (QED) is 0.276. The third-order valence-corrected chi connectivity index (χ3v) is 7.39. The van der Waals surface area contributed by atoms with Crippen LogP contribution in [0.3, 0.4) is 0 Å². The van der Waals surface area contributed by atoms with Crippen molar-refractivity contribution in [3.05, 3.63) is 59.4 Å². The lowest BCUT2D eigenvalue weighted by molar-refractivity contribution is 0.0270. The molecule has 0 N–H and O–H groups in total. The van der Waals surface area contributed by atoms with Gasteiger partial charge < -0.3 is 24.0 Å². The Morgan fingerprint density at radius 1 is 1.02 bits per heavy atom. The van der Waals surface area contributed by atoms with Crippen molar-refractivity contribution in [2.75, 3.05) is 44.8 Å². The molecule has 8 nitrogen and oxygen atoms in total. The van der Waals surface area contributed by atoms with E-state index in [2.05, 4.69) is 6.92 Å². The van der Waals surface area contributed by atoms with E-state index in [1.165, 1.54) is 6.07 Å². The average Bonchev–Trinajstić information content (AvgIpc) is 2.96. The molecule has 0 spiro atoms. The lowest BCUT2D eigenvalue weighted by Crippen LogP contribution is -2.49.